The maximum atomic E-state index is 12.7. The van der Waals surface area contributed by atoms with Crippen LogP contribution in [0.1, 0.15) is 32.7 Å². The molecule has 0 aliphatic carbocycles. The number of rotatable bonds is 5. The monoisotopic (exact) mass is 428 g/mol. The smallest absolute Gasteiger partial charge is 0.244 e. The number of sulfonamides is 1. The van der Waals surface area contributed by atoms with E-state index in [9.17, 15) is 13.2 Å². The van der Waals surface area contributed by atoms with Crippen LogP contribution < -0.4 is 5.32 Å². The summed E-state index contributed by atoms with van der Waals surface area (Å²) in [4.78, 5) is 21.2. The number of amides is 1. The highest BCUT2D eigenvalue weighted by Gasteiger charge is 2.32. The van der Waals surface area contributed by atoms with Crippen molar-refractivity contribution < 1.29 is 13.2 Å². The number of hydrogen-bond donors (Lipinski definition) is 1. The average molecular weight is 429 g/mol. The Labute approximate surface area is 175 Å². The van der Waals surface area contributed by atoms with Crippen molar-refractivity contribution in [2.45, 2.75) is 37.6 Å². The summed E-state index contributed by atoms with van der Waals surface area (Å²) >= 11 is 0. The minimum Gasteiger partial charge on any atom is -0.324 e. The fraction of sp³-hybridized carbons (Fsp3) is 0.400. The molecule has 0 radical (unpaired) electrons. The molecule has 0 bridgehead atoms. The molecule has 10 heteroatoms. The maximum Gasteiger partial charge on any atom is 0.244 e. The van der Waals surface area contributed by atoms with Crippen molar-refractivity contribution in [3.8, 4) is 0 Å². The van der Waals surface area contributed by atoms with Crippen LogP contribution in [0.5, 0.6) is 0 Å². The topological polar surface area (TPSA) is 110 Å². The number of piperidine rings is 1. The third kappa shape index (κ3) is 3.92. The van der Waals surface area contributed by atoms with E-state index in [1.807, 2.05) is 24.6 Å². The molecular weight excluding hydrogens is 404 g/mol. The summed E-state index contributed by atoms with van der Waals surface area (Å²) in [5, 5.41) is 8.11. The Balaban J connectivity index is 1.39. The van der Waals surface area contributed by atoms with Crippen LogP contribution in [0.2, 0.25) is 0 Å². The quantitative estimate of drug-likeness (QED) is 0.668. The van der Waals surface area contributed by atoms with Gasteiger partial charge >= 0.3 is 0 Å². The third-order valence-electron chi connectivity index (χ3n) is 5.29. The Hall–Kier alpha value is -2.85. The molecule has 3 aromatic rings. The van der Waals surface area contributed by atoms with Gasteiger partial charge in [-0.25, -0.2) is 18.1 Å². The van der Waals surface area contributed by atoms with Crippen LogP contribution >= 0.6 is 0 Å². The molecule has 3 aromatic heterocycles. The summed E-state index contributed by atoms with van der Waals surface area (Å²) in [6.07, 6.45) is 7.18. The van der Waals surface area contributed by atoms with Crippen LogP contribution in [0, 0.1) is 5.92 Å². The van der Waals surface area contributed by atoms with Gasteiger partial charge in [0.25, 0.3) is 0 Å². The first-order chi connectivity index (χ1) is 14.4. The Bertz CT molecular complexity index is 1150. The SMILES string of the molecule is CC(C)n1ncc2cc(NC(=O)C3CCN(S(=O)(=O)c4cccnc4)CC3)cnc21. The van der Waals surface area contributed by atoms with Crippen molar-refractivity contribution in [2.24, 2.45) is 5.92 Å². The maximum absolute atomic E-state index is 12.7. The van der Waals surface area contributed by atoms with Gasteiger partial charge in [-0.05, 0) is 44.9 Å². The number of pyridine rings is 2. The zero-order valence-corrected chi connectivity index (χ0v) is 17.7. The lowest BCUT2D eigenvalue weighted by molar-refractivity contribution is -0.120. The van der Waals surface area contributed by atoms with Gasteiger partial charge in [-0.3, -0.25) is 9.78 Å². The normalized spacial score (nSPS) is 16.2. The van der Waals surface area contributed by atoms with Crippen LogP contribution in [-0.2, 0) is 14.8 Å². The molecule has 1 aliphatic rings. The molecule has 1 amide bonds. The summed E-state index contributed by atoms with van der Waals surface area (Å²) < 4.78 is 28.6. The first kappa shape index (κ1) is 20.4. The number of aromatic nitrogens is 4. The van der Waals surface area contributed by atoms with E-state index in [0.717, 1.165) is 11.0 Å². The minimum atomic E-state index is -3.58. The molecule has 0 unspecified atom stereocenters. The van der Waals surface area contributed by atoms with E-state index in [-0.39, 0.29) is 22.8 Å². The fourth-order valence-electron chi connectivity index (χ4n) is 3.64. The minimum absolute atomic E-state index is 0.120. The number of carbonyl (C=O) groups excluding carboxylic acids is 1. The van der Waals surface area contributed by atoms with E-state index in [1.54, 1.807) is 18.5 Å². The zero-order valence-electron chi connectivity index (χ0n) is 16.9. The zero-order chi connectivity index (χ0) is 21.3. The van der Waals surface area contributed by atoms with Gasteiger partial charge in [-0.2, -0.15) is 9.40 Å². The average Bonchev–Trinajstić information content (AvgIpc) is 3.18. The second-order valence-electron chi connectivity index (χ2n) is 7.68. The number of hydrogen-bond acceptors (Lipinski definition) is 6. The molecule has 1 saturated heterocycles. The number of carbonyl (C=O) groups is 1. The van der Waals surface area contributed by atoms with Gasteiger partial charge in [0, 0.05) is 42.8 Å². The number of anilines is 1. The molecule has 0 aromatic carbocycles. The van der Waals surface area contributed by atoms with E-state index in [1.165, 1.54) is 22.8 Å². The lowest BCUT2D eigenvalue weighted by Crippen LogP contribution is -2.41. The van der Waals surface area contributed by atoms with Crippen LogP contribution in [0.15, 0.2) is 47.9 Å². The van der Waals surface area contributed by atoms with Gasteiger partial charge in [0.1, 0.15) is 4.90 Å². The van der Waals surface area contributed by atoms with Crippen molar-refractivity contribution in [1.29, 1.82) is 0 Å². The van der Waals surface area contributed by atoms with E-state index >= 15 is 0 Å². The lowest BCUT2D eigenvalue weighted by Gasteiger charge is -2.30. The van der Waals surface area contributed by atoms with Crippen LogP contribution in [-0.4, -0.2) is 51.5 Å². The van der Waals surface area contributed by atoms with Crippen molar-refractivity contribution >= 4 is 32.7 Å². The Morgan fingerprint density at radius 1 is 1.20 bits per heavy atom. The van der Waals surface area contributed by atoms with Crippen LogP contribution in [0.3, 0.4) is 0 Å². The van der Waals surface area contributed by atoms with E-state index in [2.05, 4.69) is 20.4 Å². The standard InChI is InChI=1S/C20H24N6O3S/c1-14(2)26-19-16(11-23-26)10-17(12-22-19)24-20(27)15-5-8-25(9-6-15)30(28,29)18-4-3-7-21-13-18/h3-4,7,10-15H,5-6,8-9H2,1-2H3,(H,24,27). The van der Waals surface area contributed by atoms with Gasteiger partial charge < -0.3 is 5.32 Å². The number of nitrogens with one attached hydrogen (secondary N) is 1. The van der Waals surface area contributed by atoms with E-state index in [0.29, 0.717) is 31.6 Å². The Kier molecular flexibility index (Phi) is 5.52. The van der Waals surface area contributed by atoms with E-state index < -0.39 is 10.0 Å². The first-order valence-corrected chi connectivity index (χ1v) is 11.3. The predicted octanol–water partition coefficient (Wildman–Crippen LogP) is 2.45. The molecule has 0 saturated carbocycles. The fourth-order valence-corrected chi connectivity index (χ4v) is 5.07. The van der Waals surface area contributed by atoms with Crippen LogP contribution in [0.4, 0.5) is 5.69 Å². The molecule has 1 aliphatic heterocycles. The molecule has 1 fully saturated rings. The molecule has 30 heavy (non-hydrogen) atoms. The van der Waals surface area contributed by atoms with Gasteiger partial charge in [0.15, 0.2) is 5.65 Å². The number of nitrogens with zero attached hydrogens (tertiary/aromatic N) is 5. The molecule has 4 rings (SSSR count). The Morgan fingerprint density at radius 3 is 2.63 bits per heavy atom. The summed E-state index contributed by atoms with van der Waals surface area (Å²) in [5.41, 5.74) is 1.39. The highest BCUT2D eigenvalue weighted by atomic mass is 32.2. The summed E-state index contributed by atoms with van der Waals surface area (Å²) in [6.45, 7) is 4.66. The summed E-state index contributed by atoms with van der Waals surface area (Å²) in [6, 6.07) is 5.19. The lowest BCUT2D eigenvalue weighted by atomic mass is 9.97. The largest absolute Gasteiger partial charge is 0.324 e. The van der Waals surface area contributed by atoms with Crippen molar-refractivity contribution in [3.63, 3.8) is 0 Å². The molecule has 0 spiro atoms. The first-order valence-electron chi connectivity index (χ1n) is 9.90. The third-order valence-corrected chi connectivity index (χ3v) is 7.17. The van der Waals surface area contributed by atoms with Gasteiger partial charge in [0.2, 0.25) is 15.9 Å². The molecule has 9 nitrogen and oxygen atoms in total. The predicted molar refractivity (Wildman–Crippen MR) is 112 cm³/mol. The highest BCUT2D eigenvalue weighted by Crippen LogP contribution is 2.25. The number of fused-ring (bicyclic) bond motifs is 1. The van der Waals surface area contributed by atoms with Gasteiger partial charge in [0.05, 0.1) is 18.1 Å². The molecule has 158 valence electrons. The second-order valence-corrected chi connectivity index (χ2v) is 9.61. The second kappa shape index (κ2) is 8.11. The molecule has 4 heterocycles. The van der Waals surface area contributed by atoms with E-state index in [4.69, 9.17) is 0 Å². The van der Waals surface area contributed by atoms with Gasteiger partial charge in [-0.1, -0.05) is 0 Å². The van der Waals surface area contributed by atoms with Crippen molar-refractivity contribution in [3.05, 3.63) is 43.0 Å². The summed E-state index contributed by atoms with van der Waals surface area (Å²) in [7, 11) is -3.58. The highest BCUT2D eigenvalue weighted by molar-refractivity contribution is 7.89. The van der Waals surface area contributed by atoms with Crippen molar-refractivity contribution in [1.82, 2.24) is 24.1 Å². The van der Waals surface area contributed by atoms with Gasteiger partial charge in [-0.15, -0.1) is 0 Å². The molecular formula is C20H24N6O3S. The van der Waals surface area contributed by atoms with Crippen molar-refractivity contribution in [2.75, 3.05) is 18.4 Å². The Morgan fingerprint density at radius 2 is 1.97 bits per heavy atom. The molecule has 1 N–H and O–H groups in total. The molecule has 0 atom stereocenters. The van der Waals surface area contributed by atoms with Crippen LogP contribution in [0.25, 0.3) is 11.0 Å². The summed E-state index contributed by atoms with van der Waals surface area (Å²) in [5.74, 6) is -0.370.